The number of aromatic amines is 2. The van der Waals surface area contributed by atoms with Gasteiger partial charge in [0.15, 0.2) is 43.0 Å². The van der Waals surface area contributed by atoms with E-state index in [9.17, 15) is 75.6 Å². The molecule has 3 unspecified atom stereocenters. The molecule has 35 nitrogen and oxygen atoms in total. The minimum Gasteiger partial charge on any atom is -0.494 e. The van der Waals surface area contributed by atoms with Gasteiger partial charge in [0.05, 0.1) is 60.2 Å². The molecule has 4 aliphatic rings. The summed E-state index contributed by atoms with van der Waals surface area (Å²) in [5, 5.41) is -0.715. The summed E-state index contributed by atoms with van der Waals surface area (Å²) in [5.74, 6) is 1.31. The zero-order valence-corrected chi connectivity index (χ0v) is 86.2. The molecule has 4 aromatic carbocycles. The molecule has 4 aliphatic heterocycles. The van der Waals surface area contributed by atoms with Gasteiger partial charge in [-0.15, -0.1) is 6.42 Å². The molecule has 0 radical (unpaired) electrons. The first-order valence-electron chi connectivity index (χ1n) is 46.7. The fourth-order valence-electron chi connectivity index (χ4n) is 18.1. The number of carbonyl (C=O) groups excluding carboxylic acids is 4. The van der Waals surface area contributed by atoms with E-state index in [1.54, 1.807) is 72.9 Å². The number of halogens is 3. The van der Waals surface area contributed by atoms with Crippen molar-refractivity contribution in [3.05, 3.63) is 273 Å². The number of piperidine rings is 1. The van der Waals surface area contributed by atoms with Crippen LogP contribution < -0.4 is 74.3 Å². The Labute approximate surface area is 845 Å². The lowest BCUT2D eigenvalue weighted by molar-refractivity contribution is 0.0972. The predicted molar refractivity (Wildman–Crippen MR) is 547 cm³/mol. The molecule has 5 atom stereocenters. The van der Waals surface area contributed by atoms with Crippen LogP contribution in [0.25, 0.3) is 33.8 Å². The number of hydrogen-bond acceptors (Lipinski definition) is 29. The van der Waals surface area contributed by atoms with Crippen LogP contribution in [0.2, 0.25) is 0 Å². The summed E-state index contributed by atoms with van der Waals surface area (Å²) in [4.78, 5) is 115. The van der Waals surface area contributed by atoms with Gasteiger partial charge in [-0.2, -0.15) is 21.8 Å². The number of anilines is 5. The van der Waals surface area contributed by atoms with E-state index in [1.165, 1.54) is 136 Å². The smallest absolute Gasteiger partial charge is 0.281 e. The number of sulfonamides is 4. The topological polar surface area (TPSA) is 472 Å². The fourth-order valence-corrected chi connectivity index (χ4v) is 22.1. The van der Waals surface area contributed by atoms with E-state index in [4.69, 9.17) is 46.1 Å². The third-order valence-corrected chi connectivity index (χ3v) is 29.9. The highest BCUT2D eigenvalue weighted by atomic mass is 32.2. The zero-order chi connectivity index (χ0) is 106. The average molecular weight is 2080 g/mol. The van der Waals surface area contributed by atoms with Gasteiger partial charge < -0.3 is 54.2 Å². The molecule has 4 fully saturated rings. The number of nitrogens with one attached hydrogen (secondary N) is 6. The number of nitrogens with zero attached hydrogens (tertiary/aromatic N) is 10. The van der Waals surface area contributed by atoms with Crippen molar-refractivity contribution in [2.24, 2.45) is 29.6 Å². The molecule has 0 spiro atoms. The molecule has 0 aliphatic carbocycles. The van der Waals surface area contributed by atoms with Gasteiger partial charge in [-0.3, -0.25) is 28.8 Å². The van der Waals surface area contributed by atoms with E-state index in [-0.39, 0.29) is 95.8 Å². The van der Waals surface area contributed by atoms with E-state index >= 15 is 0 Å². The second-order valence-corrected chi connectivity index (χ2v) is 45.0. The van der Waals surface area contributed by atoms with Crippen LogP contribution >= 0.6 is 0 Å². The van der Waals surface area contributed by atoms with Crippen molar-refractivity contribution in [2.45, 2.75) is 165 Å². The van der Waals surface area contributed by atoms with Crippen LogP contribution in [-0.4, -0.2) is 167 Å². The number of terminal acetylenes is 1. The molecule has 8 aromatic heterocycles. The standard InChI is InChI=1S/C28H34FN5O4S.C26H26N4O4S.2C25H27FN4O5S/c1-17(2)16-38-22-13-20(12-21(29)14-22)24-11-10-23(27(31-24)34-15-18(3)8-9-19(34)4)28(35)33-39(36,37)26-7-5-6-25(30)32-26;1-5-19-9-6-10-20(15-19)34-22-12-7-13-23(28-22)35(32,33)29-25(31)21-11-8-14-27-24(21)30-17-18(2)16-26(30,3)4;1-15-13-25(2,3)30(14-15)22-17(23(31)29-36(33,34)20-9-6-12-27-24(20)32)10-11-19(28-22)16-7-5-8-18(26)21(16)35-4;1-15-13-25(2,3)30(14-15)22-17(23(31)29-36(33,34)21-6-5-11-27-24(21)32)8-10-19(28-22)16-7-9-18(26)20(12-16)35-4/h5-7,10-14,17-19H,8-9,15-16H2,1-4H3,(H2,30,32)(H,33,35);1,6-15,18H,16-17H2,2-4H3,(H,29,31);2*5-12,15H,13-14H2,1-4H3,(H,27,32)(H,29,31)/t;;2*15-/m..00/s1. The van der Waals surface area contributed by atoms with Crippen molar-refractivity contribution in [3.8, 4) is 75.0 Å². The maximum Gasteiger partial charge on any atom is 0.281 e. The van der Waals surface area contributed by atoms with E-state index in [1.807, 2.05) is 72.6 Å². The fraction of sp³-hybridized carbons (Fsp3) is 0.327. The lowest BCUT2D eigenvalue weighted by Crippen LogP contribution is -2.43. The monoisotopic (exact) mass is 2070 g/mol. The number of benzene rings is 4. The van der Waals surface area contributed by atoms with Gasteiger partial charge in [-0.1, -0.05) is 71.7 Å². The first-order chi connectivity index (χ1) is 68.9. The molecular weight excluding hydrogens is 1960 g/mol. The second kappa shape index (κ2) is 44.6. The number of amides is 4. The third-order valence-electron chi connectivity index (χ3n) is 24.7. The second-order valence-electron chi connectivity index (χ2n) is 38.5. The summed E-state index contributed by atoms with van der Waals surface area (Å²) in [6.07, 6.45) is 14.1. The summed E-state index contributed by atoms with van der Waals surface area (Å²) in [6, 6.07) is 45.6. The minimum atomic E-state index is -4.46. The van der Waals surface area contributed by atoms with Crippen LogP contribution in [0.4, 0.5) is 42.3 Å². The molecule has 4 saturated heterocycles. The molecule has 0 saturated carbocycles. The minimum absolute atomic E-state index is 0.00669. The summed E-state index contributed by atoms with van der Waals surface area (Å²) >= 11 is 0. The molecule has 12 heterocycles. The molecule has 4 amide bonds. The van der Waals surface area contributed by atoms with Crippen molar-refractivity contribution >= 4 is 92.8 Å². The quantitative estimate of drug-likeness (QED) is 0.0248. The van der Waals surface area contributed by atoms with Gasteiger partial charge in [-0.25, -0.2) is 73.8 Å². The van der Waals surface area contributed by atoms with Crippen LogP contribution in [0.3, 0.4) is 0 Å². The van der Waals surface area contributed by atoms with Gasteiger partial charge in [-0.05, 0) is 262 Å². The molecule has 42 heteroatoms. The Morgan fingerprint density at radius 1 is 0.486 bits per heavy atom. The predicted octanol–water partition coefficient (Wildman–Crippen LogP) is 15.3. The Morgan fingerprint density at radius 2 is 0.979 bits per heavy atom. The summed E-state index contributed by atoms with van der Waals surface area (Å²) < 4.78 is 176. The number of ether oxygens (including phenoxy) is 4. The number of methoxy groups -OCH3 is 2. The molecule has 8 N–H and O–H groups in total. The highest BCUT2D eigenvalue weighted by Gasteiger charge is 2.44. The summed E-state index contributed by atoms with van der Waals surface area (Å²) in [7, 11) is -14.8. The van der Waals surface area contributed by atoms with Gasteiger partial charge in [0.25, 0.3) is 74.8 Å². The van der Waals surface area contributed by atoms with Crippen molar-refractivity contribution < 1.29 is 85.0 Å². The van der Waals surface area contributed by atoms with Crippen LogP contribution in [0, 0.1) is 59.4 Å². The molecule has 146 heavy (non-hydrogen) atoms. The van der Waals surface area contributed by atoms with Crippen LogP contribution in [0.5, 0.6) is 28.9 Å². The Bertz CT molecular complexity index is 7620. The number of para-hydroxylation sites is 1. The van der Waals surface area contributed by atoms with Gasteiger partial charge >= 0.3 is 0 Å². The summed E-state index contributed by atoms with van der Waals surface area (Å²) in [5.41, 5.74) is 6.57. The highest BCUT2D eigenvalue weighted by Crippen LogP contribution is 2.44. The molecule has 16 rings (SSSR count). The first-order valence-corrected chi connectivity index (χ1v) is 52.6. The van der Waals surface area contributed by atoms with Gasteiger partial charge in [0.2, 0.25) is 5.88 Å². The Balaban J connectivity index is 0.000000163. The van der Waals surface area contributed by atoms with Crippen molar-refractivity contribution in [1.29, 1.82) is 0 Å². The Morgan fingerprint density at radius 3 is 1.50 bits per heavy atom. The van der Waals surface area contributed by atoms with E-state index in [0.717, 1.165) is 50.8 Å². The molecular formula is C104H114F3N17O18S4. The van der Waals surface area contributed by atoms with Crippen LogP contribution in [0.15, 0.2) is 236 Å². The van der Waals surface area contributed by atoms with E-state index < -0.39 is 102 Å². The van der Waals surface area contributed by atoms with Crippen molar-refractivity contribution in [1.82, 2.24) is 58.8 Å². The normalized spacial score (nSPS) is 17.3. The number of carbonyl (C=O) groups is 4. The Hall–Kier alpha value is -15.1. The maximum atomic E-state index is 14.5. The number of hydrogen-bond donors (Lipinski definition) is 7. The third kappa shape index (κ3) is 25.6. The largest absolute Gasteiger partial charge is 0.494 e. The SMILES string of the molecule is C#Cc1cccc(Oc2cccc(S(=O)(=O)NC(=O)c3cccnc3N3CC(C)CC3(C)C)n2)c1.CC(C)COc1cc(F)cc(-c2ccc(C(=O)NS(=O)(=O)c3cccc(N)n3)c(N3CC(C)CCC3C)n2)c1.COc1c(F)cccc1-c1ccc(C(=O)NS(=O)(=O)c2ccc[nH]c2=O)c(N2C[C@@H](C)CC2(C)C)n1.COc1cc(-c2ccc(C(=O)NS(=O)(=O)c3ccc[nH]c3=O)c(N3C[C@@H](C)CC3(C)C)n2)ccc1F. The number of rotatable bonds is 26. The molecule has 0 bridgehead atoms. The average Bonchev–Trinajstić information content (AvgIpc) is 1.50. The summed E-state index contributed by atoms with van der Waals surface area (Å²) in [6.45, 7) is 29.6. The lowest BCUT2D eigenvalue weighted by atomic mass is 9.94. The Kier molecular flexibility index (Phi) is 33.1. The maximum absolute atomic E-state index is 14.5. The van der Waals surface area contributed by atoms with Gasteiger partial charge in [0.1, 0.15) is 46.4 Å². The molecule has 12 aromatic rings. The van der Waals surface area contributed by atoms with Crippen LogP contribution in [-0.2, 0) is 40.1 Å². The van der Waals surface area contributed by atoms with Crippen molar-refractivity contribution in [2.75, 3.05) is 72.3 Å². The van der Waals surface area contributed by atoms with Gasteiger partial charge in [0, 0.05) is 102 Å². The first kappa shape index (κ1) is 108. The molecule has 768 valence electrons. The number of pyridine rings is 8. The van der Waals surface area contributed by atoms with E-state index in [0.29, 0.717) is 112 Å². The number of aromatic nitrogens is 8. The number of H-pyrrole nitrogens is 2. The zero-order valence-electron chi connectivity index (χ0n) is 82.9. The highest BCUT2D eigenvalue weighted by molar-refractivity contribution is 7.91. The lowest BCUT2D eigenvalue weighted by Gasteiger charge is -2.38. The number of nitrogen functional groups attached to an aromatic ring is 1. The van der Waals surface area contributed by atoms with Crippen LogP contribution in [0.1, 0.15) is 169 Å². The van der Waals surface area contributed by atoms with Crippen molar-refractivity contribution in [3.63, 3.8) is 0 Å². The van der Waals surface area contributed by atoms with E-state index in [2.05, 4.69) is 86.7 Å². The number of nitrogens with two attached hydrogens (primary N) is 1.